The predicted molar refractivity (Wildman–Crippen MR) is 214 cm³/mol. The standard InChI is InChI=1S/C43H50F2N2O11/c1-17-12-11-13-18(2)43(54)47-34-39(53)31-30(33-42(34)58-41-27(46-33)16-26(44)19(3)32(41)45)29(24(8)48)40(23(7)38(31)52)57-25(9)56-15-14-28(55-10)20(4)36(50)22(6)37(51)21(5)35(17)49/h11-17,20-22,25,28,35-37,49-51,53H,1-10H3,(H,47,54)/b12-11+,15-14+,18-13-/t17-,20+,21+,22-,25+,28-,35-,36+,37+/m0/s1. The summed E-state index contributed by atoms with van der Waals surface area (Å²) in [7, 11) is 1.43. The third-order valence-electron chi connectivity index (χ3n) is 11.2. The number of ketones is 1. The SMILES string of the molecule is CO[C@H]1/C=C/O[C@@H](C)Oc2c(C)c(=O)c3c(O)c(c4oc5c(F)c(C)c(F)cc5nc4c3c2C(C)=O)NC(=O)/C(C)=C\C=C\[C@H](C)[C@H](O)[C@@H](C)[C@@H](O)[C@@H](C)[C@H](O)[C@@H]1C. The predicted octanol–water partition coefficient (Wildman–Crippen LogP) is 6.65. The number of amides is 1. The first-order valence-electron chi connectivity index (χ1n) is 18.9. The van der Waals surface area contributed by atoms with E-state index >= 15 is 4.39 Å². The van der Waals surface area contributed by atoms with Gasteiger partial charge in [0, 0.05) is 65.9 Å². The molecule has 2 aliphatic rings. The van der Waals surface area contributed by atoms with Gasteiger partial charge in [-0.3, -0.25) is 14.4 Å². The number of nitrogens with zero attached hydrogens (tertiary/aromatic N) is 1. The lowest BCUT2D eigenvalue weighted by Gasteiger charge is -2.36. The molecule has 4 aromatic rings. The smallest absolute Gasteiger partial charge is 0.251 e. The van der Waals surface area contributed by atoms with Crippen molar-refractivity contribution in [2.75, 3.05) is 12.4 Å². The Labute approximate surface area is 333 Å². The Morgan fingerprint density at radius 1 is 0.897 bits per heavy atom. The molecular weight excluding hydrogens is 758 g/mol. The molecular formula is C43H50F2N2O11. The number of benzene rings is 3. The molecule has 3 heterocycles. The molecule has 2 aliphatic heterocycles. The molecule has 4 bridgehead atoms. The minimum atomic E-state index is -1.17. The number of halogens is 2. The van der Waals surface area contributed by atoms with Crippen LogP contribution in [-0.4, -0.2) is 74.9 Å². The van der Waals surface area contributed by atoms with E-state index in [1.807, 2.05) is 0 Å². The van der Waals surface area contributed by atoms with Gasteiger partial charge in [0.1, 0.15) is 28.3 Å². The zero-order valence-corrected chi connectivity index (χ0v) is 34.0. The van der Waals surface area contributed by atoms with Gasteiger partial charge in [-0.1, -0.05) is 45.9 Å². The first kappa shape index (κ1) is 43.9. The van der Waals surface area contributed by atoms with E-state index in [1.165, 1.54) is 66.2 Å². The van der Waals surface area contributed by atoms with Gasteiger partial charge in [-0.05, 0) is 33.8 Å². The van der Waals surface area contributed by atoms with Crippen molar-refractivity contribution < 1.29 is 57.4 Å². The van der Waals surface area contributed by atoms with E-state index in [0.29, 0.717) is 0 Å². The first-order chi connectivity index (χ1) is 27.2. The summed E-state index contributed by atoms with van der Waals surface area (Å²) in [4.78, 5) is 45.9. The van der Waals surface area contributed by atoms with Crippen molar-refractivity contribution in [2.45, 2.75) is 93.0 Å². The molecule has 1 aromatic heterocycles. The van der Waals surface area contributed by atoms with Crippen molar-refractivity contribution in [3.63, 3.8) is 0 Å². The number of aliphatic hydroxyl groups is 3. The first-order valence-corrected chi connectivity index (χ1v) is 18.9. The van der Waals surface area contributed by atoms with Crippen LogP contribution in [0, 0.1) is 49.2 Å². The highest BCUT2D eigenvalue weighted by Crippen LogP contribution is 2.45. The normalized spacial score (nSPS) is 28.7. The lowest BCUT2D eigenvalue weighted by atomic mass is 9.78. The van der Waals surface area contributed by atoms with Crippen LogP contribution in [0.1, 0.15) is 70.0 Å². The Kier molecular flexibility index (Phi) is 13.1. The molecule has 13 nitrogen and oxygen atoms in total. The molecule has 5 N–H and O–H groups in total. The third-order valence-corrected chi connectivity index (χ3v) is 11.2. The maximum atomic E-state index is 15.5. The summed E-state index contributed by atoms with van der Waals surface area (Å²) in [5.74, 6) is -7.05. The van der Waals surface area contributed by atoms with E-state index in [2.05, 4.69) is 10.3 Å². The van der Waals surface area contributed by atoms with E-state index in [4.69, 9.17) is 18.6 Å². The van der Waals surface area contributed by atoms with Crippen LogP contribution in [0.4, 0.5) is 14.5 Å². The van der Waals surface area contributed by atoms with Crippen LogP contribution in [-0.2, 0) is 14.3 Å². The van der Waals surface area contributed by atoms with E-state index in [1.54, 1.807) is 33.8 Å². The topological polar surface area (TPSA) is 198 Å². The number of carbonyl (C=O) groups excluding carboxylic acids is 2. The number of allylic oxidation sites excluding steroid dienone is 2. The van der Waals surface area contributed by atoms with Crippen molar-refractivity contribution >= 4 is 50.3 Å². The number of aromatic hydroxyl groups is 1. The van der Waals surface area contributed by atoms with Crippen LogP contribution in [0.3, 0.4) is 0 Å². The minimum absolute atomic E-state index is 0.0785. The van der Waals surface area contributed by atoms with Crippen LogP contribution in [0.5, 0.6) is 11.5 Å². The number of rotatable bonds is 2. The second-order valence-corrected chi connectivity index (χ2v) is 15.2. The number of Topliss-reactive ketones (excluding diaryl/α,β-unsaturated/α-hetero) is 1. The summed E-state index contributed by atoms with van der Waals surface area (Å²) in [6.45, 7) is 13.4. The summed E-state index contributed by atoms with van der Waals surface area (Å²) in [6, 6.07) is 0.917. The van der Waals surface area contributed by atoms with E-state index in [-0.39, 0.29) is 44.4 Å². The number of fused-ring (bicyclic) bond motifs is 17. The number of ether oxygens (including phenoxy) is 3. The Balaban J connectivity index is 1.80. The number of hydrogen-bond acceptors (Lipinski definition) is 12. The maximum Gasteiger partial charge on any atom is 0.251 e. The molecule has 1 amide bonds. The largest absolute Gasteiger partial charge is 0.505 e. The van der Waals surface area contributed by atoms with Gasteiger partial charge in [0.25, 0.3) is 5.91 Å². The van der Waals surface area contributed by atoms with Gasteiger partial charge in [-0.2, -0.15) is 0 Å². The molecule has 6 rings (SSSR count). The monoisotopic (exact) mass is 808 g/mol. The van der Waals surface area contributed by atoms with Crippen molar-refractivity contribution in [2.24, 2.45) is 23.7 Å². The second kappa shape index (κ2) is 17.3. The van der Waals surface area contributed by atoms with Gasteiger partial charge in [0.2, 0.25) is 6.29 Å². The summed E-state index contributed by atoms with van der Waals surface area (Å²) >= 11 is 0. The Bertz CT molecular complexity index is 2420. The number of phenols is 1. The Morgan fingerprint density at radius 3 is 2.17 bits per heavy atom. The summed E-state index contributed by atoms with van der Waals surface area (Å²) in [6.07, 6.45) is 2.17. The second-order valence-electron chi connectivity index (χ2n) is 15.2. The molecule has 0 saturated carbocycles. The van der Waals surface area contributed by atoms with Crippen LogP contribution in [0.25, 0.3) is 33.0 Å². The number of anilines is 1. The maximum absolute atomic E-state index is 15.5. The fraction of sp³-hybridized carbons (Fsp3) is 0.442. The average Bonchev–Trinajstić information content (AvgIpc) is 3.18. The fourth-order valence-corrected chi connectivity index (χ4v) is 7.35. The van der Waals surface area contributed by atoms with Gasteiger partial charge in [0.05, 0.1) is 41.6 Å². The van der Waals surface area contributed by atoms with E-state index in [0.717, 1.165) is 6.07 Å². The number of nitrogens with one attached hydrogen (secondary N) is 1. The van der Waals surface area contributed by atoms with Crippen molar-refractivity contribution in [1.82, 2.24) is 4.98 Å². The van der Waals surface area contributed by atoms with Gasteiger partial charge in [0.15, 0.2) is 33.9 Å². The molecule has 0 fully saturated rings. The Morgan fingerprint density at radius 2 is 1.53 bits per heavy atom. The number of methoxy groups -OCH3 is 1. The fourth-order valence-electron chi connectivity index (χ4n) is 7.35. The summed E-state index contributed by atoms with van der Waals surface area (Å²) in [5.41, 5.74) is -3.55. The quantitative estimate of drug-likeness (QED) is 0.0627. The van der Waals surface area contributed by atoms with Crippen LogP contribution in [0.15, 0.2) is 51.4 Å². The Hall–Kier alpha value is -5.22. The molecule has 15 heteroatoms. The van der Waals surface area contributed by atoms with Gasteiger partial charge < -0.3 is 44.4 Å². The number of carbonyl (C=O) groups is 2. The highest BCUT2D eigenvalue weighted by molar-refractivity contribution is 6.24. The van der Waals surface area contributed by atoms with Gasteiger partial charge >= 0.3 is 0 Å². The molecule has 0 unspecified atom stereocenters. The summed E-state index contributed by atoms with van der Waals surface area (Å²) in [5, 5.41) is 47.4. The van der Waals surface area contributed by atoms with Crippen molar-refractivity contribution in [3.8, 4) is 11.5 Å². The molecule has 0 radical (unpaired) electrons. The number of aromatic nitrogens is 1. The minimum Gasteiger partial charge on any atom is -0.505 e. The van der Waals surface area contributed by atoms with E-state index < -0.39 is 111 Å². The number of aliphatic hydroxyl groups excluding tert-OH is 3. The van der Waals surface area contributed by atoms with Crippen molar-refractivity contribution in [3.05, 3.63) is 80.8 Å². The zero-order chi connectivity index (χ0) is 43.1. The molecule has 312 valence electrons. The zero-order valence-electron chi connectivity index (χ0n) is 34.0. The van der Waals surface area contributed by atoms with Crippen LogP contribution in [0.2, 0.25) is 0 Å². The highest BCUT2D eigenvalue weighted by atomic mass is 19.1. The lowest BCUT2D eigenvalue weighted by Crippen LogP contribution is -2.44. The highest BCUT2D eigenvalue weighted by Gasteiger charge is 2.37. The van der Waals surface area contributed by atoms with Crippen LogP contribution >= 0.6 is 0 Å². The molecule has 0 saturated heterocycles. The van der Waals surface area contributed by atoms with Gasteiger partial charge in [-0.25, -0.2) is 13.8 Å². The molecule has 0 aliphatic carbocycles. The molecule has 58 heavy (non-hydrogen) atoms. The van der Waals surface area contributed by atoms with Gasteiger partial charge in [-0.15, -0.1) is 0 Å². The third kappa shape index (κ3) is 8.08. The van der Waals surface area contributed by atoms with E-state index in [9.17, 15) is 39.2 Å². The molecule has 3 aromatic carbocycles. The number of hydrogen-bond donors (Lipinski definition) is 5. The molecule has 9 atom stereocenters. The summed E-state index contributed by atoms with van der Waals surface area (Å²) < 4.78 is 53.9. The average molecular weight is 809 g/mol. The van der Waals surface area contributed by atoms with Crippen molar-refractivity contribution in [1.29, 1.82) is 0 Å². The number of phenolic OH excluding ortho intramolecular Hbond substituents is 1. The molecule has 0 spiro atoms. The van der Waals surface area contributed by atoms with Crippen LogP contribution < -0.4 is 15.5 Å². The lowest BCUT2D eigenvalue weighted by molar-refractivity contribution is -0.112.